The number of carbonyl (C=O) groups is 2. The smallest absolute Gasteiger partial charge is 0.290 e. The molecule has 0 bridgehead atoms. The molecular formula is C15H12ClN3O5. The van der Waals surface area contributed by atoms with E-state index in [1.807, 2.05) is 12.1 Å². The monoisotopic (exact) mass is 349 g/mol. The summed E-state index contributed by atoms with van der Waals surface area (Å²) in [7, 11) is 0. The van der Waals surface area contributed by atoms with Gasteiger partial charge in [0.25, 0.3) is 12.4 Å². The molecule has 3 rings (SSSR count). The highest BCUT2D eigenvalue weighted by Gasteiger charge is 2.18. The first-order valence-electron chi connectivity index (χ1n) is 6.56. The Hall–Kier alpha value is -3.13. The summed E-state index contributed by atoms with van der Waals surface area (Å²) in [6, 6.07) is 7.12. The van der Waals surface area contributed by atoms with Gasteiger partial charge in [0.2, 0.25) is 5.88 Å². The van der Waals surface area contributed by atoms with E-state index in [9.17, 15) is 4.79 Å². The van der Waals surface area contributed by atoms with E-state index in [4.69, 9.17) is 30.4 Å². The lowest BCUT2D eigenvalue weighted by Crippen LogP contribution is -2.13. The molecule has 0 saturated carbocycles. The maximum absolute atomic E-state index is 12.1. The zero-order valence-corrected chi connectivity index (χ0v) is 13.1. The van der Waals surface area contributed by atoms with Gasteiger partial charge < -0.3 is 14.0 Å². The maximum Gasteiger partial charge on any atom is 0.290 e. The number of nitrogens with one attached hydrogen (secondary N) is 1. The third-order valence-corrected chi connectivity index (χ3v) is 3.16. The Labute approximate surface area is 141 Å². The second-order valence-corrected chi connectivity index (χ2v) is 4.83. The number of rotatable bonds is 3. The van der Waals surface area contributed by atoms with E-state index >= 15 is 0 Å². The Kier molecular flexibility index (Phi) is 5.69. The fraction of sp³-hybridized carbons (Fsp3) is 0.0667. The number of halogens is 1. The number of carboxylic acid groups (broad SMARTS) is 1. The van der Waals surface area contributed by atoms with Crippen molar-refractivity contribution in [2.75, 3.05) is 5.32 Å². The van der Waals surface area contributed by atoms with Gasteiger partial charge in [-0.2, -0.15) is 0 Å². The van der Waals surface area contributed by atoms with Crippen molar-refractivity contribution in [1.29, 1.82) is 0 Å². The largest absolute Gasteiger partial charge is 0.483 e. The lowest BCUT2D eigenvalue weighted by atomic mass is 10.1. The van der Waals surface area contributed by atoms with Gasteiger partial charge in [0, 0.05) is 5.02 Å². The molecule has 0 radical (unpaired) electrons. The minimum absolute atomic E-state index is 0.202. The van der Waals surface area contributed by atoms with E-state index in [0.717, 1.165) is 5.56 Å². The molecule has 1 amide bonds. The van der Waals surface area contributed by atoms with Crippen LogP contribution in [0.5, 0.6) is 0 Å². The van der Waals surface area contributed by atoms with Crippen molar-refractivity contribution < 1.29 is 23.6 Å². The summed E-state index contributed by atoms with van der Waals surface area (Å²) in [5.41, 5.74) is 1.68. The van der Waals surface area contributed by atoms with Crippen molar-refractivity contribution in [3.8, 4) is 11.1 Å². The molecule has 0 saturated heterocycles. The van der Waals surface area contributed by atoms with Crippen LogP contribution in [-0.4, -0.2) is 27.6 Å². The summed E-state index contributed by atoms with van der Waals surface area (Å²) < 4.78 is 10.1. The van der Waals surface area contributed by atoms with Crippen LogP contribution in [0.3, 0.4) is 0 Å². The maximum atomic E-state index is 12.1. The van der Waals surface area contributed by atoms with Gasteiger partial charge in [-0.05, 0) is 24.6 Å². The van der Waals surface area contributed by atoms with Crippen molar-refractivity contribution in [3.05, 3.63) is 53.3 Å². The number of benzene rings is 1. The zero-order chi connectivity index (χ0) is 17.5. The molecule has 24 heavy (non-hydrogen) atoms. The van der Waals surface area contributed by atoms with Crippen LogP contribution in [0.25, 0.3) is 11.1 Å². The first kappa shape index (κ1) is 17.2. The Morgan fingerprint density at radius 2 is 2.00 bits per heavy atom. The van der Waals surface area contributed by atoms with Crippen molar-refractivity contribution in [2.45, 2.75) is 6.92 Å². The van der Waals surface area contributed by atoms with Crippen LogP contribution in [0.2, 0.25) is 5.02 Å². The molecule has 9 heteroatoms. The lowest BCUT2D eigenvalue weighted by Gasteiger charge is -2.03. The Bertz CT molecular complexity index is 826. The fourth-order valence-electron chi connectivity index (χ4n) is 1.85. The predicted octanol–water partition coefficient (Wildman–Crippen LogP) is 3.24. The highest BCUT2D eigenvalue weighted by molar-refractivity contribution is 6.30. The summed E-state index contributed by atoms with van der Waals surface area (Å²) in [5.74, 6) is 0.248. The van der Waals surface area contributed by atoms with Gasteiger partial charge in [-0.3, -0.25) is 14.9 Å². The van der Waals surface area contributed by atoms with Crippen LogP contribution in [0.1, 0.15) is 16.2 Å². The van der Waals surface area contributed by atoms with Crippen LogP contribution in [-0.2, 0) is 4.79 Å². The summed E-state index contributed by atoms with van der Waals surface area (Å²) in [6.07, 6.45) is 2.74. The topological polar surface area (TPSA) is 118 Å². The fourth-order valence-corrected chi connectivity index (χ4v) is 1.98. The number of hydrogen-bond donors (Lipinski definition) is 2. The Morgan fingerprint density at radius 3 is 2.58 bits per heavy atom. The van der Waals surface area contributed by atoms with Crippen molar-refractivity contribution in [2.24, 2.45) is 0 Å². The van der Waals surface area contributed by atoms with Crippen molar-refractivity contribution >= 4 is 29.9 Å². The molecule has 0 fully saturated rings. The van der Waals surface area contributed by atoms with E-state index in [0.29, 0.717) is 16.3 Å². The standard InChI is InChI=1S/C14H10ClN3O3.CH2O2/c1-8-12(16-7-20-8)13(19)18-14-11(6-17-21-14)9-2-4-10(15)5-3-9;2-1-3/h2-7H,1H3,(H,18,19);1H,(H,2,3). The van der Waals surface area contributed by atoms with Crippen molar-refractivity contribution in [1.82, 2.24) is 10.1 Å². The van der Waals surface area contributed by atoms with E-state index in [2.05, 4.69) is 15.5 Å². The summed E-state index contributed by atoms with van der Waals surface area (Å²) >= 11 is 5.85. The number of aromatic nitrogens is 2. The van der Waals surface area contributed by atoms with Crippen LogP contribution >= 0.6 is 11.6 Å². The third-order valence-electron chi connectivity index (χ3n) is 2.91. The van der Waals surface area contributed by atoms with Gasteiger partial charge in [0.05, 0.1) is 11.8 Å². The lowest BCUT2D eigenvalue weighted by molar-refractivity contribution is -0.122. The molecule has 0 unspecified atom stereocenters. The van der Waals surface area contributed by atoms with Gasteiger partial charge in [0.1, 0.15) is 5.76 Å². The highest BCUT2D eigenvalue weighted by Crippen LogP contribution is 2.29. The van der Waals surface area contributed by atoms with E-state index in [1.165, 1.54) is 12.6 Å². The normalized spacial score (nSPS) is 9.75. The first-order valence-corrected chi connectivity index (χ1v) is 6.94. The number of aryl methyl sites for hydroxylation is 1. The van der Waals surface area contributed by atoms with Crippen LogP contribution in [0, 0.1) is 6.92 Å². The van der Waals surface area contributed by atoms with Gasteiger partial charge in [0.15, 0.2) is 12.1 Å². The number of amides is 1. The average Bonchev–Trinajstić information content (AvgIpc) is 3.18. The quantitative estimate of drug-likeness (QED) is 0.696. The summed E-state index contributed by atoms with van der Waals surface area (Å²) in [4.78, 5) is 24.3. The van der Waals surface area contributed by atoms with E-state index in [1.54, 1.807) is 19.1 Å². The van der Waals surface area contributed by atoms with Crippen LogP contribution in [0.4, 0.5) is 5.88 Å². The number of carbonyl (C=O) groups excluding carboxylic acids is 1. The van der Waals surface area contributed by atoms with E-state index in [-0.39, 0.29) is 18.1 Å². The SMILES string of the molecule is Cc1ocnc1C(=O)Nc1oncc1-c1ccc(Cl)cc1.O=CO. The number of anilines is 1. The molecule has 0 aliphatic heterocycles. The predicted molar refractivity (Wildman–Crippen MR) is 84.8 cm³/mol. The molecule has 2 heterocycles. The second kappa shape index (κ2) is 7.93. The molecule has 2 aromatic heterocycles. The summed E-state index contributed by atoms with van der Waals surface area (Å²) in [5, 5.41) is 13.8. The molecule has 0 aliphatic carbocycles. The van der Waals surface area contributed by atoms with Gasteiger partial charge >= 0.3 is 0 Å². The first-order chi connectivity index (χ1) is 11.6. The number of hydrogen-bond acceptors (Lipinski definition) is 6. The third kappa shape index (κ3) is 3.99. The molecule has 0 aliphatic rings. The second-order valence-electron chi connectivity index (χ2n) is 4.39. The molecule has 1 aromatic carbocycles. The minimum Gasteiger partial charge on any atom is -0.483 e. The number of oxazole rings is 1. The minimum atomic E-state index is -0.423. The Morgan fingerprint density at radius 1 is 1.33 bits per heavy atom. The highest BCUT2D eigenvalue weighted by atomic mass is 35.5. The van der Waals surface area contributed by atoms with Gasteiger partial charge in [-0.15, -0.1) is 0 Å². The average molecular weight is 350 g/mol. The molecule has 2 N–H and O–H groups in total. The van der Waals surface area contributed by atoms with Crippen molar-refractivity contribution in [3.63, 3.8) is 0 Å². The molecule has 0 spiro atoms. The molecule has 124 valence electrons. The van der Waals surface area contributed by atoms with Crippen LogP contribution in [0.15, 0.2) is 45.8 Å². The molecule has 8 nitrogen and oxygen atoms in total. The van der Waals surface area contributed by atoms with Crippen LogP contribution < -0.4 is 5.32 Å². The Balaban J connectivity index is 0.000000647. The summed E-state index contributed by atoms with van der Waals surface area (Å²) in [6.45, 7) is 1.41. The van der Waals surface area contributed by atoms with E-state index < -0.39 is 5.91 Å². The van der Waals surface area contributed by atoms with Gasteiger partial charge in [-0.25, -0.2) is 4.98 Å². The zero-order valence-electron chi connectivity index (χ0n) is 12.4. The van der Waals surface area contributed by atoms with Gasteiger partial charge in [-0.1, -0.05) is 28.9 Å². The molecule has 0 atom stereocenters. The number of nitrogens with zero attached hydrogens (tertiary/aromatic N) is 2. The molecular weight excluding hydrogens is 338 g/mol. The molecule has 3 aromatic rings.